The molecule has 0 aromatic heterocycles. The highest BCUT2D eigenvalue weighted by molar-refractivity contribution is 6.10. The molecule has 1 atom stereocenters. The van der Waals surface area contributed by atoms with Crippen LogP contribution in [0, 0.1) is 0 Å². The van der Waals surface area contributed by atoms with Crippen LogP contribution in [0.25, 0.3) is 0 Å². The summed E-state index contributed by atoms with van der Waals surface area (Å²) in [5.41, 5.74) is 3.90. The number of nitrogens with zero attached hydrogens (tertiary/aromatic N) is 1. The molecule has 2 amide bonds. The van der Waals surface area contributed by atoms with E-state index in [1.165, 1.54) is 22.4 Å². The van der Waals surface area contributed by atoms with E-state index in [-0.39, 0.29) is 18.4 Å². The first-order valence-corrected chi connectivity index (χ1v) is 9.11. The number of carbonyl (C=O) groups is 2. The van der Waals surface area contributed by atoms with Crippen molar-refractivity contribution in [2.24, 2.45) is 0 Å². The molecule has 0 spiro atoms. The fourth-order valence-corrected chi connectivity index (χ4v) is 3.75. The lowest BCUT2D eigenvalue weighted by Crippen LogP contribution is -2.47. The van der Waals surface area contributed by atoms with Gasteiger partial charge in [-0.15, -0.1) is 0 Å². The summed E-state index contributed by atoms with van der Waals surface area (Å²) in [5.74, 6) is 0.389. The van der Waals surface area contributed by atoms with Crippen LogP contribution >= 0.6 is 0 Å². The number of carbonyl (C=O) groups excluding carboxylic acids is 2. The van der Waals surface area contributed by atoms with E-state index in [9.17, 15) is 9.59 Å². The van der Waals surface area contributed by atoms with Crippen LogP contribution in [0.5, 0.6) is 5.75 Å². The number of ether oxygens (including phenoxy) is 1. The summed E-state index contributed by atoms with van der Waals surface area (Å²) in [4.78, 5) is 26.5. The summed E-state index contributed by atoms with van der Waals surface area (Å²) in [6.07, 6.45) is 3.73. The van der Waals surface area contributed by atoms with Gasteiger partial charge in [0, 0.05) is 0 Å². The topological polar surface area (TPSA) is 58.6 Å². The minimum Gasteiger partial charge on any atom is -0.481 e. The molecule has 1 heterocycles. The van der Waals surface area contributed by atoms with Gasteiger partial charge >= 0.3 is 0 Å². The van der Waals surface area contributed by atoms with Gasteiger partial charge in [-0.2, -0.15) is 0 Å². The Kier molecular flexibility index (Phi) is 4.37. The van der Waals surface area contributed by atoms with Crippen molar-refractivity contribution in [1.82, 2.24) is 0 Å². The number of rotatable bonds is 3. The number of hydrogen-bond donors (Lipinski definition) is 1. The Labute approximate surface area is 153 Å². The molecular formula is C21H22N2O3. The summed E-state index contributed by atoms with van der Waals surface area (Å²) in [6, 6.07) is 13.4. The number of amides is 2. The summed E-state index contributed by atoms with van der Waals surface area (Å²) in [7, 11) is 0. The van der Waals surface area contributed by atoms with Gasteiger partial charge in [-0.1, -0.05) is 24.3 Å². The van der Waals surface area contributed by atoms with Gasteiger partial charge in [0.05, 0.1) is 11.4 Å². The molecule has 1 aliphatic carbocycles. The van der Waals surface area contributed by atoms with Gasteiger partial charge < -0.3 is 10.1 Å². The van der Waals surface area contributed by atoms with E-state index in [0.717, 1.165) is 25.0 Å². The molecule has 5 heteroatoms. The SMILES string of the molecule is CC(Oc1cccc2c1CCCC2)C(=O)N1CC(=O)Nc2ccccc21. The van der Waals surface area contributed by atoms with E-state index in [1.54, 1.807) is 13.0 Å². The predicted octanol–water partition coefficient (Wildman–Crippen LogP) is 3.32. The lowest BCUT2D eigenvalue weighted by atomic mass is 9.91. The van der Waals surface area contributed by atoms with Crippen molar-refractivity contribution < 1.29 is 14.3 Å². The lowest BCUT2D eigenvalue weighted by molar-refractivity contribution is -0.126. The van der Waals surface area contributed by atoms with Crippen molar-refractivity contribution in [1.29, 1.82) is 0 Å². The molecule has 0 radical (unpaired) electrons. The summed E-state index contributed by atoms with van der Waals surface area (Å²) in [6.45, 7) is 1.76. The van der Waals surface area contributed by atoms with Crippen molar-refractivity contribution in [2.75, 3.05) is 16.8 Å². The quantitative estimate of drug-likeness (QED) is 0.924. The zero-order chi connectivity index (χ0) is 18.1. The molecule has 4 rings (SSSR count). The van der Waals surface area contributed by atoms with Gasteiger partial charge in [0.1, 0.15) is 12.3 Å². The zero-order valence-electron chi connectivity index (χ0n) is 14.8. The van der Waals surface area contributed by atoms with Crippen molar-refractivity contribution in [2.45, 2.75) is 38.7 Å². The molecule has 2 aliphatic rings. The number of benzene rings is 2. The van der Waals surface area contributed by atoms with Crippen molar-refractivity contribution in [3.8, 4) is 5.75 Å². The minimum atomic E-state index is -0.664. The number of nitrogens with one attached hydrogen (secondary N) is 1. The lowest BCUT2D eigenvalue weighted by Gasteiger charge is -2.31. The van der Waals surface area contributed by atoms with Gasteiger partial charge in [-0.3, -0.25) is 14.5 Å². The van der Waals surface area contributed by atoms with E-state index >= 15 is 0 Å². The number of anilines is 2. The van der Waals surface area contributed by atoms with Gasteiger partial charge in [0.2, 0.25) is 5.91 Å². The van der Waals surface area contributed by atoms with E-state index in [0.29, 0.717) is 11.4 Å². The average Bonchev–Trinajstić information content (AvgIpc) is 2.67. The van der Waals surface area contributed by atoms with Gasteiger partial charge in [0.25, 0.3) is 5.91 Å². The molecule has 0 fully saturated rings. The Bertz CT molecular complexity index is 862. The Morgan fingerprint density at radius 3 is 2.81 bits per heavy atom. The van der Waals surface area contributed by atoms with E-state index in [2.05, 4.69) is 11.4 Å². The standard InChI is InChI=1S/C21H22N2O3/c1-14(26-19-12-6-8-15-7-2-3-9-16(15)19)21(25)23-13-20(24)22-17-10-4-5-11-18(17)23/h4-6,8,10-12,14H,2-3,7,9,13H2,1H3,(H,22,24). The van der Waals surface area contributed by atoms with Crippen LogP contribution in [-0.4, -0.2) is 24.5 Å². The third kappa shape index (κ3) is 3.05. The first kappa shape index (κ1) is 16.6. The molecule has 2 aromatic carbocycles. The Morgan fingerprint density at radius 1 is 1.12 bits per heavy atom. The van der Waals surface area contributed by atoms with Crippen LogP contribution in [0.1, 0.15) is 30.9 Å². The largest absolute Gasteiger partial charge is 0.481 e. The maximum atomic E-state index is 13.0. The maximum absolute atomic E-state index is 13.0. The molecular weight excluding hydrogens is 328 g/mol. The highest BCUT2D eigenvalue weighted by Gasteiger charge is 2.31. The Balaban J connectivity index is 1.57. The van der Waals surface area contributed by atoms with Crippen LogP contribution in [0.2, 0.25) is 0 Å². The molecule has 26 heavy (non-hydrogen) atoms. The van der Waals surface area contributed by atoms with Gasteiger partial charge in [-0.25, -0.2) is 0 Å². The van der Waals surface area contributed by atoms with E-state index in [1.807, 2.05) is 30.3 Å². The molecule has 5 nitrogen and oxygen atoms in total. The summed E-state index contributed by atoms with van der Waals surface area (Å²) >= 11 is 0. The second-order valence-electron chi connectivity index (χ2n) is 6.85. The second-order valence-corrected chi connectivity index (χ2v) is 6.85. The van der Waals surface area contributed by atoms with Gasteiger partial charge in [0.15, 0.2) is 6.10 Å². The van der Waals surface area contributed by atoms with Gasteiger partial charge in [-0.05, 0) is 61.9 Å². The first-order chi connectivity index (χ1) is 12.6. The normalized spacial score (nSPS) is 17.0. The highest BCUT2D eigenvalue weighted by atomic mass is 16.5. The molecule has 2 aromatic rings. The summed E-state index contributed by atoms with van der Waals surface area (Å²) < 4.78 is 6.06. The maximum Gasteiger partial charge on any atom is 0.268 e. The third-order valence-corrected chi connectivity index (χ3v) is 5.04. The molecule has 0 saturated heterocycles. The predicted molar refractivity (Wildman–Crippen MR) is 101 cm³/mol. The summed E-state index contributed by atoms with van der Waals surface area (Å²) in [5, 5.41) is 2.80. The average molecular weight is 350 g/mol. The van der Waals surface area contributed by atoms with Crippen LogP contribution < -0.4 is 15.0 Å². The monoisotopic (exact) mass is 350 g/mol. The van der Waals surface area contributed by atoms with Crippen molar-refractivity contribution >= 4 is 23.2 Å². The number of fused-ring (bicyclic) bond motifs is 2. The fraction of sp³-hybridized carbons (Fsp3) is 0.333. The Hall–Kier alpha value is -2.82. The molecule has 0 bridgehead atoms. The second kappa shape index (κ2) is 6.83. The zero-order valence-corrected chi connectivity index (χ0v) is 14.8. The number of para-hydroxylation sites is 2. The van der Waals surface area contributed by atoms with E-state index in [4.69, 9.17) is 4.74 Å². The molecule has 1 N–H and O–H groups in total. The number of hydrogen-bond acceptors (Lipinski definition) is 3. The van der Waals surface area contributed by atoms with Crippen LogP contribution in [0.15, 0.2) is 42.5 Å². The molecule has 1 aliphatic heterocycles. The fourth-order valence-electron chi connectivity index (χ4n) is 3.75. The van der Waals surface area contributed by atoms with E-state index < -0.39 is 6.10 Å². The smallest absolute Gasteiger partial charge is 0.268 e. The van der Waals surface area contributed by atoms with Crippen LogP contribution in [0.3, 0.4) is 0 Å². The van der Waals surface area contributed by atoms with Crippen LogP contribution in [0.4, 0.5) is 11.4 Å². The van der Waals surface area contributed by atoms with Crippen LogP contribution in [-0.2, 0) is 22.4 Å². The highest BCUT2D eigenvalue weighted by Crippen LogP contribution is 2.32. The molecule has 1 unspecified atom stereocenters. The third-order valence-electron chi connectivity index (χ3n) is 5.04. The minimum absolute atomic E-state index is 0.0104. The number of aryl methyl sites for hydroxylation is 1. The first-order valence-electron chi connectivity index (χ1n) is 9.11. The molecule has 134 valence electrons. The van der Waals surface area contributed by atoms with Crippen molar-refractivity contribution in [3.63, 3.8) is 0 Å². The van der Waals surface area contributed by atoms with Crippen molar-refractivity contribution in [3.05, 3.63) is 53.6 Å². The molecule has 0 saturated carbocycles. The Morgan fingerprint density at radius 2 is 1.92 bits per heavy atom.